The zero-order valence-corrected chi connectivity index (χ0v) is 13.8. The van der Waals surface area contributed by atoms with E-state index in [1.54, 1.807) is 11.7 Å². The molecule has 0 amide bonds. The maximum Gasteiger partial charge on any atom is 0.333 e. The number of hydrogen-bond acceptors (Lipinski definition) is 5. The van der Waals surface area contributed by atoms with Gasteiger partial charge in [0, 0.05) is 13.6 Å². The second-order valence-corrected chi connectivity index (χ2v) is 6.18. The normalized spacial score (nSPS) is 16.9. The Hall–Kier alpha value is -1.63. The van der Waals surface area contributed by atoms with Crippen molar-refractivity contribution in [1.82, 2.24) is 14.7 Å². The molecule has 1 N–H and O–H groups in total. The third kappa shape index (κ3) is 3.97. The van der Waals surface area contributed by atoms with Gasteiger partial charge in [0.05, 0.1) is 4.92 Å². The van der Waals surface area contributed by atoms with Crippen molar-refractivity contribution in [2.45, 2.75) is 39.5 Å². The quantitative estimate of drug-likeness (QED) is 0.475. The van der Waals surface area contributed by atoms with Crippen molar-refractivity contribution in [2.75, 3.05) is 31.5 Å². The first-order valence-electron chi connectivity index (χ1n) is 8.19. The zero-order valence-electron chi connectivity index (χ0n) is 13.8. The minimum atomic E-state index is -0.333. The third-order valence-electron chi connectivity index (χ3n) is 4.43. The minimum Gasteiger partial charge on any atom is -0.364 e. The highest BCUT2D eigenvalue weighted by Gasteiger charge is 2.25. The molecule has 0 spiro atoms. The van der Waals surface area contributed by atoms with Gasteiger partial charge in [-0.25, -0.2) is 4.68 Å². The van der Waals surface area contributed by atoms with Crippen molar-refractivity contribution < 1.29 is 4.92 Å². The number of piperidine rings is 1. The predicted octanol–water partition coefficient (Wildman–Crippen LogP) is 2.42. The number of nitro groups is 1. The molecule has 0 radical (unpaired) electrons. The molecule has 1 saturated heterocycles. The van der Waals surface area contributed by atoms with E-state index < -0.39 is 0 Å². The molecule has 124 valence electrons. The Balaban J connectivity index is 1.84. The van der Waals surface area contributed by atoms with Gasteiger partial charge in [0.25, 0.3) is 0 Å². The lowest BCUT2D eigenvalue weighted by Gasteiger charge is -2.30. The van der Waals surface area contributed by atoms with E-state index in [-0.39, 0.29) is 10.6 Å². The highest BCUT2D eigenvalue weighted by Crippen LogP contribution is 2.28. The molecule has 0 aromatic carbocycles. The van der Waals surface area contributed by atoms with Crippen LogP contribution >= 0.6 is 0 Å². The first-order chi connectivity index (χ1) is 10.5. The van der Waals surface area contributed by atoms with Crippen molar-refractivity contribution in [3.63, 3.8) is 0 Å². The highest BCUT2D eigenvalue weighted by molar-refractivity contribution is 5.59. The van der Waals surface area contributed by atoms with Crippen molar-refractivity contribution in [1.29, 1.82) is 0 Å². The molecule has 2 heterocycles. The van der Waals surface area contributed by atoms with Gasteiger partial charge in [-0.15, -0.1) is 0 Å². The SMILES string of the molecule is CCc1nn(C)c(NCCCN2CCC(C)CC2)c1[N+](=O)[O-]. The van der Waals surface area contributed by atoms with Crippen LogP contribution in [0.1, 0.15) is 38.8 Å². The highest BCUT2D eigenvalue weighted by atomic mass is 16.6. The van der Waals surface area contributed by atoms with Gasteiger partial charge in [0.15, 0.2) is 0 Å². The Kier molecular flexibility index (Phi) is 5.76. The molecule has 0 atom stereocenters. The smallest absolute Gasteiger partial charge is 0.333 e. The largest absolute Gasteiger partial charge is 0.364 e. The van der Waals surface area contributed by atoms with E-state index in [1.165, 1.54) is 25.9 Å². The average molecular weight is 309 g/mol. The second kappa shape index (κ2) is 7.58. The van der Waals surface area contributed by atoms with Gasteiger partial charge in [0.1, 0.15) is 5.69 Å². The molecular formula is C15H27N5O2. The summed E-state index contributed by atoms with van der Waals surface area (Å²) in [7, 11) is 1.75. The summed E-state index contributed by atoms with van der Waals surface area (Å²) in [6.45, 7) is 8.32. The molecule has 1 aliphatic heterocycles. The summed E-state index contributed by atoms with van der Waals surface area (Å²) in [6, 6.07) is 0. The van der Waals surface area contributed by atoms with Crippen LogP contribution in [-0.2, 0) is 13.5 Å². The maximum atomic E-state index is 11.2. The first-order valence-corrected chi connectivity index (χ1v) is 8.19. The summed E-state index contributed by atoms with van der Waals surface area (Å²) in [4.78, 5) is 13.4. The average Bonchev–Trinajstić information content (AvgIpc) is 2.82. The van der Waals surface area contributed by atoms with E-state index in [1.807, 2.05) is 6.92 Å². The molecule has 1 fully saturated rings. The lowest BCUT2D eigenvalue weighted by Crippen LogP contribution is -2.34. The number of aryl methyl sites for hydroxylation is 2. The van der Waals surface area contributed by atoms with Crippen LogP contribution in [-0.4, -0.2) is 45.8 Å². The molecule has 0 aliphatic carbocycles. The fourth-order valence-corrected chi connectivity index (χ4v) is 2.99. The van der Waals surface area contributed by atoms with E-state index in [4.69, 9.17) is 0 Å². The summed E-state index contributed by atoms with van der Waals surface area (Å²) >= 11 is 0. The number of nitrogens with one attached hydrogen (secondary N) is 1. The van der Waals surface area contributed by atoms with Crippen molar-refractivity contribution in [3.05, 3.63) is 15.8 Å². The van der Waals surface area contributed by atoms with Crippen molar-refractivity contribution in [2.24, 2.45) is 13.0 Å². The Morgan fingerprint density at radius 2 is 2.09 bits per heavy atom. The Labute approximate surface area is 131 Å². The lowest BCUT2D eigenvalue weighted by molar-refractivity contribution is -0.384. The number of likely N-dealkylation sites (tertiary alicyclic amines) is 1. The van der Waals surface area contributed by atoms with Crippen LogP contribution in [0.15, 0.2) is 0 Å². The van der Waals surface area contributed by atoms with Crippen LogP contribution in [0.4, 0.5) is 11.5 Å². The molecule has 22 heavy (non-hydrogen) atoms. The van der Waals surface area contributed by atoms with E-state index in [9.17, 15) is 10.1 Å². The molecule has 1 aliphatic rings. The van der Waals surface area contributed by atoms with Crippen molar-refractivity contribution in [3.8, 4) is 0 Å². The van der Waals surface area contributed by atoms with Crippen LogP contribution in [0.3, 0.4) is 0 Å². The fourth-order valence-electron chi connectivity index (χ4n) is 2.99. The number of hydrogen-bond donors (Lipinski definition) is 1. The van der Waals surface area contributed by atoms with Gasteiger partial charge in [-0.3, -0.25) is 10.1 Å². The molecule has 0 unspecified atom stereocenters. The molecule has 1 aromatic rings. The summed E-state index contributed by atoms with van der Waals surface area (Å²) < 4.78 is 1.58. The number of rotatable bonds is 7. The van der Waals surface area contributed by atoms with Gasteiger partial charge in [-0.1, -0.05) is 13.8 Å². The fraction of sp³-hybridized carbons (Fsp3) is 0.800. The second-order valence-electron chi connectivity index (χ2n) is 6.18. The van der Waals surface area contributed by atoms with Gasteiger partial charge in [-0.2, -0.15) is 5.10 Å². The van der Waals surface area contributed by atoms with E-state index in [0.717, 1.165) is 25.4 Å². The van der Waals surface area contributed by atoms with Gasteiger partial charge >= 0.3 is 5.69 Å². The Morgan fingerprint density at radius 1 is 1.41 bits per heavy atom. The molecular weight excluding hydrogens is 282 g/mol. The monoisotopic (exact) mass is 309 g/mol. The zero-order chi connectivity index (χ0) is 16.1. The summed E-state index contributed by atoms with van der Waals surface area (Å²) in [5, 5.41) is 18.7. The predicted molar refractivity (Wildman–Crippen MR) is 87.2 cm³/mol. The molecule has 0 saturated carbocycles. The van der Waals surface area contributed by atoms with Crippen LogP contribution in [0.5, 0.6) is 0 Å². The number of anilines is 1. The summed E-state index contributed by atoms with van der Waals surface area (Å²) in [6.07, 6.45) is 4.11. The molecule has 1 aromatic heterocycles. The first kappa shape index (κ1) is 16.7. The Morgan fingerprint density at radius 3 is 2.68 bits per heavy atom. The van der Waals surface area contributed by atoms with Gasteiger partial charge in [-0.05, 0) is 51.2 Å². The lowest BCUT2D eigenvalue weighted by atomic mass is 9.99. The minimum absolute atomic E-state index is 0.122. The Bertz CT molecular complexity index is 506. The van der Waals surface area contributed by atoms with E-state index in [2.05, 4.69) is 22.2 Å². The molecule has 0 bridgehead atoms. The number of aromatic nitrogens is 2. The third-order valence-corrected chi connectivity index (χ3v) is 4.43. The molecule has 7 nitrogen and oxygen atoms in total. The summed E-state index contributed by atoms with van der Waals surface area (Å²) in [5.41, 5.74) is 0.664. The van der Waals surface area contributed by atoms with Crippen molar-refractivity contribution >= 4 is 11.5 Å². The van der Waals surface area contributed by atoms with Gasteiger partial charge in [0.2, 0.25) is 5.82 Å². The molecule has 7 heteroatoms. The standard InChI is InChI=1S/C15H27N5O2/c1-4-13-14(20(21)22)15(18(3)17-13)16-8-5-9-19-10-6-12(2)7-11-19/h12,16H,4-11H2,1-3H3. The van der Waals surface area contributed by atoms with Crippen LogP contribution in [0.2, 0.25) is 0 Å². The topological polar surface area (TPSA) is 76.2 Å². The van der Waals surface area contributed by atoms with Crippen LogP contribution in [0.25, 0.3) is 0 Å². The van der Waals surface area contributed by atoms with Crippen LogP contribution < -0.4 is 5.32 Å². The van der Waals surface area contributed by atoms with E-state index in [0.29, 0.717) is 17.9 Å². The summed E-state index contributed by atoms with van der Waals surface area (Å²) in [5.74, 6) is 1.37. The molecule has 2 rings (SSSR count). The maximum absolute atomic E-state index is 11.2. The van der Waals surface area contributed by atoms with Gasteiger partial charge < -0.3 is 10.2 Å². The van der Waals surface area contributed by atoms with E-state index >= 15 is 0 Å². The van der Waals surface area contributed by atoms with Crippen LogP contribution in [0, 0.1) is 16.0 Å². The number of nitrogens with zero attached hydrogens (tertiary/aromatic N) is 4.